The van der Waals surface area contributed by atoms with Gasteiger partial charge in [0.25, 0.3) is 5.91 Å². The Hall–Kier alpha value is -1.11. The summed E-state index contributed by atoms with van der Waals surface area (Å²) >= 11 is 0. The van der Waals surface area contributed by atoms with Gasteiger partial charge in [-0.3, -0.25) is 4.79 Å². The molecule has 0 bridgehead atoms. The van der Waals surface area contributed by atoms with E-state index < -0.39 is 0 Å². The molecule has 2 saturated heterocycles. The second kappa shape index (κ2) is 8.93. The zero-order valence-corrected chi connectivity index (χ0v) is 18.1. The van der Waals surface area contributed by atoms with Crippen LogP contribution in [-0.2, 0) is 5.41 Å². The van der Waals surface area contributed by atoms with Crippen molar-refractivity contribution >= 4 is 28.6 Å². The highest BCUT2D eigenvalue weighted by molar-refractivity contribution is 8.93. The van der Waals surface area contributed by atoms with Crippen molar-refractivity contribution < 1.29 is 4.79 Å². The number of halogens is 1. The summed E-state index contributed by atoms with van der Waals surface area (Å²) in [7, 11) is 2.16. The molecule has 0 saturated carbocycles. The molecule has 6 heteroatoms. The highest BCUT2D eigenvalue weighted by Crippen LogP contribution is 2.45. The van der Waals surface area contributed by atoms with E-state index in [4.69, 9.17) is 0 Å². The van der Waals surface area contributed by atoms with Crippen LogP contribution in [0.5, 0.6) is 0 Å². The minimum Gasteiger partial charge on any atom is -0.373 e. The Balaban J connectivity index is 0.00000210. The third-order valence-electron chi connectivity index (χ3n) is 6.51. The van der Waals surface area contributed by atoms with Gasteiger partial charge in [0.1, 0.15) is 0 Å². The molecule has 0 aromatic heterocycles. The number of benzene rings is 1. The molecule has 2 fully saturated rings. The van der Waals surface area contributed by atoms with Crippen LogP contribution in [0.3, 0.4) is 0 Å². The number of piperidine rings is 2. The summed E-state index contributed by atoms with van der Waals surface area (Å²) in [6.07, 6.45) is 6.31. The molecule has 3 heterocycles. The average molecular weight is 437 g/mol. The number of rotatable bonds is 4. The van der Waals surface area contributed by atoms with Gasteiger partial charge < -0.3 is 20.4 Å². The summed E-state index contributed by atoms with van der Waals surface area (Å²) < 4.78 is 0. The van der Waals surface area contributed by atoms with Gasteiger partial charge in [0.15, 0.2) is 0 Å². The van der Waals surface area contributed by atoms with Crippen LogP contribution in [-0.4, -0.2) is 63.7 Å². The Morgan fingerprint density at radius 2 is 1.93 bits per heavy atom. The lowest BCUT2D eigenvalue weighted by Crippen LogP contribution is -2.42. The molecule has 1 aromatic carbocycles. The van der Waals surface area contributed by atoms with Crippen LogP contribution in [0.15, 0.2) is 18.2 Å². The minimum atomic E-state index is 0. The first-order valence-electron chi connectivity index (χ1n) is 10.2. The highest BCUT2D eigenvalue weighted by atomic mass is 79.9. The monoisotopic (exact) mass is 436 g/mol. The van der Waals surface area contributed by atoms with Crippen molar-refractivity contribution in [1.29, 1.82) is 0 Å². The van der Waals surface area contributed by atoms with Crippen LogP contribution >= 0.6 is 17.0 Å². The van der Waals surface area contributed by atoms with E-state index in [1.807, 2.05) is 6.07 Å². The van der Waals surface area contributed by atoms with E-state index >= 15 is 0 Å². The van der Waals surface area contributed by atoms with E-state index in [1.54, 1.807) is 0 Å². The van der Waals surface area contributed by atoms with Crippen LogP contribution in [0.25, 0.3) is 0 Å². The largest absolute Gasteiger partial charge is 0.373 e. The van der Waals surface area contributed by atoms with Crippen molar-refractivity contribution in [3.63, 3.8) is 0 Å². The summed E-state index contributed by atoms with van der Waals surface area (Å²) in [5.41, 5.74) is 3.75. The first-order chi connectivity index (χ1) is 12.7. The van der Waals surface area contributed by atoms with Crippen LogP contribution in [0.2, 0.25) is 0 Å². The lowest BCUT2D eigenvalue weighted by atomic mass is 9.74. The van der Waals surface area contributed by atoms with Gasteiger partial charge in [0.2, 0.25) is 0 Å². The van der Waals surface area contributed by atoms with Crippen molar-refractivity contribution in [3.8, 4) is 0 Å². The molecule has 0 atom stereocenters. The molecule has 1 aromatic rings. The number of amides is 1. The fourth-order valence-corrected chi connectivity index (χ4v) is 5.01. The maximum atomic E-state index is 12.6. The summed E-state index contributed by atoms with van der Waals surface area (Å²) in [6.45, 7) is 7.31. The topological polar surface area (TPSA) is 47.6 Å². The van der Waals surface area contributed by atoms with E-state index in [2.05, 4.69) is 39.6 Å². The molecule has 0 aliphatic carbocycles. The number of nitrogens with one attached hydrogen (secondary N) is 2. The molecule has 0 unspecified atom stereocenters. The SMILES string of the molecule is Br.CN1CC2(CCNCC2)c2ccc(C(=O)NCCN3CCCCC3)cc21. The quantitative estimate of drug-likeness (QED) is 0.760. The van der Waals surface area contributed by atoms with E-state index in [9.17, 15) is 4.79 Å². The number of likely N-dealkylation sites (N-methyl/N-ethyl adjacent to an activating group) is 1. The molecule has 5 nitrogen and oxygen atoms in total. The number of fused-ring (bicyclic) bond motifs is 2. The Bertz CT molecular complexity index is 654. The zero-order valence-electron chi connectivity index (χ0n) is 16.4. The first-order valence-corrected chi connectivity index (χ1v) is 10.2. The fraction of sp³-hybridized carbons (Fsp3) is 0.667. The van der Waals surface area contributed by atoms with Crippen molar-refractivity contribution in [2.24, 2.45) is 0 Å². The summed E-state index contributed by atoms with van der Waals surface area (Å²) in [4.78, 5) is 17.4. The minimum absolute atomic E-state index is 0. The number of nitrogens with zero attached hydrogens (tertiary/aromatic N) is 2. The van der Waals surface area contributed by atoms with Crippen molar-refractivity contribution in [2.45, 2.75) is 37.5 Å². The molecule has 3 aliphatic heterocycles. The standard InChI is InChI=1S/C21H32N4O.BrH/c1-24-16-21(7-9-22-10-8-21)18-6-5-17(15-19(18)24)20(26)23-11-14-25-12-3-2-4-13-25;/h5-6,15,22H,2-4,7-14,16H2,1H3,(H,23,26);1H. The van der Waals surface area contributed by atoms with E-state index in [1.165, 1.54) is 56.4 Å². The van der Waals surface area contributed by atoms with Gasteiger partial charge in [-0.2, -0.15) is 0 Å². The number of hydrogen-bond donors (Lipinski definition) is 2. The van der Waals surface area contributed by atoms with E-state index in [0.717, 1.165) is 38.3 Å². The number of carbonyl (C=O) groups is 1. The maximum absolute atomic E-state index is 12.6. The van der Waals surface area contributed by atoms with Gasteiger partial charge in [0, 0.05) is 43.3 Å². The summed E-state index contributed by atoms with van der Waals surface area (Å²) in [6, 6.07) is 6.34. The van der Waals surface area contributed by atoms with Gasteiger partial charge in [-0.05, 0) is 69.6 Å². The van der Waals surface area contributed by atoms with Crippen molar-refractivity contribution in [2.75, 3.05) is 57.8 Å². The third kappa shape index (κ3) is 4.33. The molecule has 4 rings (SSSR count). The number of likely N-dealkylation sites (tertiary alicyclic amines) is 1. The van der Waals surface area contributed by atoms with Gasteiger partial charge >= 0.3 is 0 Å². The van der Waals surface area contributed by atoms with Crippen LogP contribution in [0, 0.1) is 0 Å². The number of carbonyl (C=O) groups excluding carboxylic acids is 1. The highest BCUT2D eigenvalue weighted by Gasteiger charge is 2.42. The second-order valence-corrected chi connectivity index (χ2v) is 8.28. The molecular formula is C21H33BrN4O. The molecule has 150 valence electrons. The lowest BCUT2D eigenvalue weighted by Gasteiger charge is -2.34. The number of hydrogen-bond acceptors (Lipinski definition) is 4. The van der Waals surface area contributed by atoms with E-state index in [0.29, 0.717) is 0 Å². The predicted molar refractivity (Wildman–Crippen MR) is 116 cm³/mol. The molecule has 1 spiro atoms. The summed E-state index contributed by atoms with van der Waals surface area (Å²) in [5, 5.41) is 6.59. The van der Waals surface area contributed by atoms with Crippen LogP contribution in [0.4, 0.5) is 5.69 Å². The Morgan fingerprint density at radius 3 is 2.67 bits per heavy atom. The van der Waals surface area contributed by atoms with Gasteiger partial charge in [-0.25, -0.2) is 0 Å². The van der Waals surface area contributed by atoms with Crippen LogP contribution in [0.1, 0.15) is 48.0 Å². The van der Waals surface area contributed by atoms with Crippen LogP contribution < -0.4 is 15.5 Å². The fourth-order valence-electron chi connectivity index (χ4n) is 5.01. The van der Waals surface area contributed by atoms with Gasteiger partial charge in [-0.15, -0.1) is 17.0 Å². The molecular weight excluding hydrogens is 404 g/mol. The normalized spacial score (nSPS) is 21.6. The predicted octanol–water partition coefficient (Wildman–Crippen LogP) is 2.55. The first kappa shape index (κ1) is 20.6. The summed E-state index contributed by atoms with van der Waals surface area (Å²) in [5.74, 6) is 0.0597. The maximum Gasteiger partial charge on any atom is 0.251 e. The second-order valence-electron chi connectivity index (χ2n) is 8.28. The Labute approximate surface area is 173 Å². The van der Waals surface area contributed by atoms with Gasteiger partial charge in [0.05, 0.1) is 0 Å². The van der Waals surface area contributed by atoms with Crippen molar-refractivity contribution in [3.05, 3.63) is 29.3 Å². The molecule has 1 amide bonds. The van der Waals surface area contributed by atoms with E-state index in [-0.39, 0.29) is 28.3 Å². The number of anilines is 1. The zero-order chi connectivity index (χ0) is 18.0. The molecule has 2 N–H and O–H groups in total. The molecule has 0 radical (unpaired) electrons. The van der Waals surface area contributed by atoms with Crippen molar-refractivity contribution in [1.82, 2.24) is 15.5 Å². The molecule has 3 aliphatic rings. The molecule has 27 heavy (non-hydrogen) atoms. The smallest absolute Gasteiger partial charge is 0.251 e. The lowest BCUT2D eigenvalue weighted by molar-refractivity contribution is 0.0946. The van der Waals surface area contributed by atoms with Gasteiger partial charge in [-0.1, -0.05) is 12.5 Å². The Kier molecular flexibility index (Phi) is 6.82. The Morgan fingerprint density at radius 1 is 1.19 bits per heavy atom. The third-order valence-corrected chi connectivity index (χ3v) is 6.51. The average Bonchev–Trinajstić information content (AvgIpc) is 2.94.